The highest BCUT2D eigenvalue weighted by Gasteiger charge is 2.35. The van der Waals surface area contributed by atoms with Gasteiger partial charge in [-0.15, -0.1) is 0 Å². The molecule has 0 saturated carbocycles. The molecule has 0 radical (unpaired) electrons. The van der Waals surface area contributed by atoms with Crippen LogP contribution in [0.4, 0.5) is 15.8 Å². The van der Waals surface area contributed by atoms with Crippen molar-refractivity contribution < 1.29 is 14.0 Å². The van der Waals surface area contributed by atoms with Crippen LogP contribution < -0.4 is 10.2 Å². The van der Waals surface area contributed by atoms with Crippen LogP contribution in [0, 0.1) is 11.7 Å². The Morgan fingerprint density at radius 2 is 2.26 bits per heavy atom. The van der Waals surface area contributed by atoms with E-state index in [1.54, 1.807) is 17.9 Å². The Hall–Kier alpha value is -2.41. The third kappa shape index (κ3) is 3.19. The van der Waals surface area contributed by atoms with Crippen molar-refractivity contribution in [1.82, 2.24) is 9.78 Å². The smallest absolute Gasteiger partial charge is 0.229 e. The van der Waals surface area contributed by atoms with Gasteiger partial charge in [0.15, 0.2) is 0 Å². The highest BCUT2D eigenvalue weighted by atomic mass is 35.5. The molecule has 0 bridgehead atoms. The van der Waals surface area contributed by atoms with E-state index in [9.17, 15) is 14.0 Å². The number of hydrogen-bond donors (Lipinski definition) is 1. The molecule has 6 nitrogen and oxygen atoms in total. The highest BCUT2D eigenvalue weighted by molar-refractivity contribution is 6.31. The minimum absolute atomic E-state index is 0.0569. The lowest BCUT2D eigenvalue weighted by Crippen LogP contribution is -2.28. The van der Waals surface area contributed by atoms with Gasteiger partial charge in [-0.2, -0.15) is 5.10 Å². The van der Waals surface area contributed by atoms with Crippen LogP contribution in [0.1, 0.15) is 6.42 Å². The predicted molar refractivity (Wildman–Crippen MR) is 83.7 cm³/mol. The fraction of sp³-hybridized carbons (Fsp3) is 0.267. The number of benzene rings is 1. The van der Waals surface area contributed by atoms with E-state index in [0.717, 1.165) is 0 Å². The fourth-order valence-electron chi connectivity index (χ4n) is 2.52. The zero-order valence-corrected chi connectivity index (χ0v) is 13.0. The molecule has 23 heavy (non-hydrogen) atoms. The Labute approximate surface area is 136 Å². The summed E-state index contributed by atoms with van der Waals surface area (Å²) in [4.78, 5) is 25.8. The lowest BCUT2D eigenvalue weighted by molar-refractivity contribution is -0.122. The number of aromatic nitrogens is 2. The summed E-state index contributed by atoms with van der Waals surface area (Å²) in [6.07, 6.45) is 3.31. The molecule has 8 heteroatoms. The molecule has 0 spiro atoms. The lowest BCUT2D eigenvalue weighted by Gasteiger charge is -2.17. The molecular formula is C15H14ClFN4O2. The Balaban J connectivity index is 1.71. The molecule has 2 heterocycles. The van der Waals surface area contributed by atoms with Crippen molar-refractivity contribution in [3.05, 3.63) is 41.4 Å². The molecule has 1 aromatic heterocycles. The molecule has 1 aliphatic rings. The summed E-state index contributed by atoms with van der Waals surface area (Å²) in [5.41, 5.74) is 1.06. The van der Waals surface area contributed by atoms with E-state index < -0.39 is 11.7 Å². The van der Waals surface area contributed by atoms with E-state index >= 15 is 0 Å². The average Bonchev–Trinajstić information content (AvgIpc) is 3.08. The van der Waals surface area contributed by atoms with Crippen molar-refractivity contribution >= 4 is 34.8 Å². The van der Waals surface area contributed by atoms with Gasteiger partial charge in [-0.05, 0) is 18.2 Å². The van der Waals surface area contributed by atoms with Crippen molar-refractivity contribution in [1.29, 1.82) is 0 Å². The van der Waals surface area contributed by atoms with Gasteiger partial charge in [0, 0.05) is 31.9 Å². The van der Waals surface area contributed by atoms with E-state index in [2.05, 4.69) is 10.4 Å². The summed E-state index contributed by atoms with van der Waals surface area (Å²) >= 11 is 5.75. The van der Waals surface area contributed by atoms with Gasteiger partial charge in [0.1, 0.15) is 5.82 Å². The Morgan fingerprint density at radius 1 is 1.48 bits per heavy atom. The third-order valence-corrected chi connectivity index (χ3v) is 3.97. The Morgan fingerprint density at radius 3 is 2.91 bits per heavy atom. The maximum absolute atomic E-state index is 13.2. The van der Waals surface area contributed by atoms with Gasteiger partial charge < -0.3 is 10.2 Å². The number of rotatable bonds is 3. The summed E-state index contributed by atoms with van der Waals surface area (Å²) in [7, 11) is 1.74. The largest absolute Gasteiger partial charge is 0.323 e. The molecule has 1 atom stereocenters. The second-order valence-electron chi connectivity index (χ2n) is 5.40. The van der Waals surface area contributed by atoms with Gasteiger partial charge in [-0.25, -0.2) is 4.39 Å². The first-order valence-electron chi connectivity index (χ1n) is 6.99. The van der Waals surface area contributed by atoms with Crippen LogP contribution in [0.15, 0.2) is 30.6 Å². The summed E-state index contributed by atoms with van der Waals surface area (Å²) < 4.78 is 14.8. The topological polar surface area (TPSA) is 67.2 Å². The lowest BCUT2D eigenvalue weighted by atomic mass is 10.1. The number of carbonyl (C=O) groups excluding carboxylic acids is 2. The van der Waals surface area contributed by atoms with E-state index in [-0.39, 0.29) is 29.8 Å². The molecule has 1 aromatic carbocycles. The number of carbonyl (C=O) groups is 2. The van der Waals surface area contributed by atoms with E-state index in [0.29, 0.717) is 11.4 Å². The maximum atomic E-state index is 13.2. The molecule has 2 aromatic rings. The zero-order chi connectivity index (χ0) is 16.6. The Kier molecular flexibility index (Phi) is 4.04. The number of nitrogens with one attached hydrogen (secondary N) is 1. The first-order chi connectivity index (χ1) is 10.9. The Bertz CT molecular complexity index is 777. The second kappa shape index (κ2) is 6.00. The van der Waals surface area contributed by atoms with E-state index in [1.165, 1.54) is 29.3 Å². The maximum Gasteiger partial charge on any atom is 0.229 e. The summed E-state index contributed by atoms with van der Waals surface area (Å²) in [6, 6.07) is 4.06. The number of aryl methyl sites for hydroxylation is 1. The van der Waals surface area contributed by atoms with Gasteiger partial charge in [0.05, 0.1) is 22.8 Å². The van der Waals surface area contributed by atoms with Crippen LogP contribution in [-0.4, -0.2) is 28.1 Å². The van der Waals surface area contributed by atoms with Gasteiger partial charge in [-0.3, -0.25) is 14.3 Å². The molecule has 1 unspecified atom stereocenters. The molecule has 1 saturated heterocycles. The van der Waals surface area contributed by atoms with Gasteiger partial charge >= 0.3 is 0 Å². The third-order valence-electron chi connectivity index (χ3n) is 3.68. The predicted octanol–water partition coefficient (Wildman–Crippen LogP) is 2.20. The number of nitrogens with zero attached hydrogens (tertiary/aromatic N) is 3. The van der Waals surface area contributed by atoms with Crippen LogP contribution in [-0.2, 0) is 16.6 Å². The number of hydrogen-bond acceptors (Lipinski definition) is 3. The van der Waals surface area contributed by atoms with Crippen molar-refractivity contribution in [2.75, 3.05) is 16.8 Å². The van der Waals surface area contributed by atoms with E-state index in [1.807, 2.05) is 0 Å². The fourth-order valence-corrected chi connectivity index (χ4v) is 2.69. The highest BCUT2D eigenvalue weighted by Crippen LogP contribution is 2.29. The van der Waals surface area contributed by atoms with Crippen LogP contribution in [0.3, 0.4) is 0 Å². The molecule has 3 rings (SSSR count). The first-order valence-corrected chi connectivity index (χ1v) is 7.37. The van der Waals surface area contributed by atoms with Crippen LogP contribution in [0.2, 0.25) is 5.02 Å². The van der Waals surface area contributed by atoms with Crippen molar-refractivity contribution in [2.45, 2.75) is 6.42 Å². The summed E-state index contributed by atoms with van der Waals surface area (Å²) in [5.74, 6) is -1.47. The quantitative estimate of drug-likeness (QED) is 0.934. The zero-order valence-electron chi connectivity index (χ0n) is 12.3. The van der Waals surface area contributed by atoms with Gasteiger partial charge in [0.25, 0.3) is 0 Å². The monoisotopic (exact) mass is 336 g/mol. The standard InChI is InChI=1S/C15H14ClFN4O2/c1-20-8-10(6-18-20)19-15(23)9-4-14(22)21(7-9)11-2-3-13(17)12(16)5-11/h2-3,5-6,8-9H,4,7H2,1H3,(H,19,23). The van der Waals surface area contributed by atoms with Crippen LogP contribution >= 0.6 is 11.6 Å². The van der Waals surface area contributed by atoms with Crippen LogP contribution in [0.25, 0.3) is 0 Å². The minimum atomic E-state index is -0.548. The molecule has 2 amide bonds. The van der Waals surface area contributed by atoms with Gasteiger partial charge in [0.2, 0.25) is 11.8 Å². The van der Waals surface area contributed by atoms with Crippen molar-refractivity contribution in [3.63, 3.8) is 0 Å². The second-order valence-corrected chi connectivity index (χ2v) is 5.80. The molecule has 120 valence electrons. The van der Waals surface area contributed by atoms with Crippen molar-refractivity contribution in [3.8, 4) is 0 Å². The molecule has 0 aliphatic carbocycles. The SMILES string of the molecule is Cn1cc(NC(=O)C2CC(=O)N(c3ccc(F)c(Cl)c3)C2)cn1. The van der Waals surface area contributed by atoms with Crippen molar-refractivity contribution in [2.24, 2.45) is 13.0 Å². The molecule has 1 aliphatic heterocycles. The van der Waals surface area contributed by atoms with Crippen LogP contribution in [0.5, 0.6) is 0 Å². The van der Waals surface area contributed by atoms with E-state index in [4.69, 9.17) is 11.6 Å². The summed E-state index contributed by atoms with van der Waals surface area (Å²) in [5, 5.41) is 6.64. The molecule has 1 N–H and O–H groups in total. The molecule has 1 fully saturated rings. The number of amides is 2. The number of anilines is 2. The molecular weight excluding hydrogens is 323 g/mol. The van der Waals surface area contributed by atoms with Gasteiger partial charge in [-0.1, -0.05) is 11.6 Å². The first kappa shape index (κ1) is 15.5. The normalized spacial score (nSPS) is 17.6. The minimum Gasteiger partial charge on any atom is -0.323 e. The average molecular weight is 337 g/mol. The number of halogens is 2. The summed E-state index contributed by atoms with van der Waals surface area (Å²) in [6.45, 7) is 0.229.